The maximum Gasteiger partial charge on any atom is 0.140 e. The Morgan fingerprint density at radius 1 is 1.28 bits per heavy atom. The van der Waals surface area contributed by atoms with Gasteiger partial charge in [0.15, 0.2) is 0 Å². The molecular weight excluding hydrogens is 296 g/mol. The first-order chi connectivity index (χ1) is 8.54. The van der Waals surface area contributed by atoms with Gasteiger partial charge in [-0.25, -0.2) is 0 Å². The summed E-state index contributed by atoms with van der Waals surface area (Å²) in [6.07, 6.45) is 0.746. The molecule has 96 valence electrons. The molecule has 0 fully saturated rings. The van der Waals surface area contributed by atoms with Crippen molar-refractivity contribution in [2.75, 3.05) is 7.11 Å². The number of aliphatic hydroxyl groups excluding tert-OH is 1. The molecule has 1 aromatic carbocycles. The molecule has 1 unspecified atom stereocenters. The third-order valence-corrected chi connectivity index (χ3v) is 3.81. The van der Waals surface area contributed by atoms with Crippen LogP contribution in [0.3, 0.4) is 0 Å². The highest BCUT2D eigenvalue weighted by atomic mass is 79.9. The number of rotatable bonds is 3. The van der Waals surface area contributed by atoms with Crippen molar-refractivity contribution in [2.45, 2.75) is 20.0 Å². The topological polar surface area (TPSA) is 42.6 Å². The van der Waals surface area contributed by atoms with Crippen LogP contribution in [0.5, 0.6) is 5.75 Å². The Hall–Kier alpha value is -1.26. The number of halogens is 1. The fourth-order valence-electron chi connectivity index (χ4n) is 1.87. The monoisotopic (exact) mass is 310 g/mol. The normalized spacial score (nSPS) is 12.5. The highest BCUT2D eigenvalue weighted by Gasteiger charge is 2.21. The Bertz CT molecular complexity index is 560. The van der Waals surface area contributed by atoms with E-state index in [0.29, 0.717) is 17.1 Å². The molecule has 3 nitrogen and oxygen atoms in total. The van der Waals surface area contributed by atoms with E-state index in [1.165, 1.54) is 0 Å². The van der Waals surface area contributed by atoms with E-state index in [-0.39, 0.29) is 0 Å². The molecule has 0 aliphatic rings. The van der Waals surface area contributed by atoms with Crippen molar-refractivity contribution >= 4 is 15.9 Å². The molecule has 0 spiro atoms. The van der Waals surface area contributed by atoms with E-state index in [1.54, 1.807) is 13.4 Å². The molecule has 0 aliphatic heterocycles. The van der Waals surface area contributed by atoms with Gasteiger partial charge in [-0.05, 0) is 43.2 Å². The number of benzene rings is 1. The zero-order valence-electron chi connectivity index (χ0n) is 10.5. The minimum Gasteiger partial charge on any atom is -0.496 e. The van der Waals surface area contributed by atoms with Crippen LogP contribution in [-0.2, 0) is 0 Å². The number of aliphatic hydroxyl groups is 1. The van der Waals surface area contributed by atoms with Gasteiger partial charge in [-0.1, -0.05) is 15.9 Å². The van der Waals surface area contributed by atoms with Crippen LogP contribution in [0.15, 0.2) is 33.4 Å². The van der Waals surface area contributed by atoms with Gasteiger partial charge in [0.2, 0.25) is 0 Å². The van der Waals surface area contributed by atoms with Gasteiger partial charge < -0.3 is 14.3 Å². The van der Waals surface area contributed by atoms with Gasteiger partial charge in [0.1, 0.15) is 17.6 Å². The lowest BCUT2D eigenvalue weighted by atomic mass is 10.0. The predicted molar refractivity (Wildman–Crippen MR) is 72.9 cm³/mol. The predicted octanol–water partition coefficient (Wildman–Crippen LogP) is 3.75. The number of hydrogen-bond acceptors (Lipinski definition) is 3. The van der Waals surface area contributed by atoms with Gasteiger partial charge in [-0.3, -0.25) is 0 Å². The van der Waals surface area contributed by atoms with Gasteiger partial charge in [-0.15, -0.1) is 0 Å². The molecule has 0 radical (unpaired) electrons. The SMILES string of the molecule is COc1cc(C)c(Br)cc1C(O)c1occc1C. The summed E-state index contributed by atoms with van der Waals surface area (Å²) in [5.41, 5.74) is 2.66. The first-order valence-corrected chi connectivity index (χ1v) is 6.40. The third-order valence-electron chi connectivity index (χ3n) is 2.96. The number of hydrogen-bond donors (Lipinski definition) is 1. The Morgan fingerprint density at radius 2 is 2.00 bits per heavy atom. The van der Waals surface area contributed by atoms with Crippen LogP contribution in [0.25, 0.3) is 0 Å². The van der Waals surface area contributed by atoms with Crippen LogP contribution in [0.4, 0.5) is 0 Å². The summed E-state index contributed by atoms with van der Waals surface area (Å²) in [6, 6.07) is 5.58. The fourth-order valence-corrected chi connectivity index (χ4v) is 2.23. The van der Waals surface area contributed by atoms with Gasteiger partial charge >= 0.3 is 0 Å². The van der Waals surface area contributed by atoms with Crippen molar-refractivity contribution in [3.63, 3.8) is 0 Å². The second-order valence-electron chi connectivity index (χ2n) is 4.21. The molecule has 18 heavy (non-hydrogen) atoms. The van der Waals surface area contributed by atoms with E-state index in [2.05, 4.69) is 15.9 Å². The van der Waals surface area contributed by atoms with Crippen molar-refractivity contribution in [2.24, 2.45) is 0 Å². The molecular formula is C14H15BrO3. The maximum absolute atomic E-state index is 10.4. The zero-order valence-corrected chi connectivity index (χ0v) is 12.1. The molecule has 2 aromatic rings. The van der Waals surface area contributed by atoms with Crippen molar-refractivity contribution in [3.05, 3.63) is 51.4 Å². The van der Waals surface area contributed by atoms with E-state index >= 15 is 0 Å². The summed E-state index contributed by atoms with van der Waals surface area (Å²) in [5, 5.41) is 10.4. The molecule has 0 bridgehead atoms. The number of aryl methyl sites for hydroxylation is 2. The molecule has 1 N–H and O–H groups in total. The summed E-state index contributed by atoms with van der Waals surface area (Å²) in [6.45, 7) is 3.87. The summed E-state index contributed by atoms with van der Waals surface area (Å²) >= 11 is 3.46. The first kappa shape index (κ1) is 13.2. The van der Waals surface area contributed by atoms with Gasteiger partial charge in [0.25, 0.3) is 0 Å². The molecule has 1 heterocycles. The molecule has 0 aliphatic carbocycles. The van der Waals surface area contributed by atoms with E-state index in [0.717, 1.165) is 15.6 Å². The fraction of sp³-hybridized carbons (Fsp3) is 0.286. The molecule has 0 amide bonds. The number of furan rings is 1. The molecule has 4 heteroatoms. The summed E-state index contributed by atoms with van der Waals surface area (Å²) in [5.74, 6) is 1.20. The lowest BCUT2D eigenvalue weighted by Gasteiger charge is -2.15. The average Bonchev–Trinajstić information content (AvgIpc) is 2.77. The molecule has 1 atom stereocenters. The smallest absolute Gasteiger partial charge is 0.140 e. The van der Waals surface area contributed by atoms with Gasteiger partial charge in [-0.2, -0.15) is 0 Å². The lowest BCUT2D eigenvalue weighted by molar-refractivity contribution is 0.184. The number of methoxy groups -OCH3 is 1. The van der Waals surface area contributed by atoms with Crippen LogP contribution in [0.2, 0.25) is 0 Å². The Kier molecular flexibility index (Phi) is 3.78. The van der Waals surface area contributed by atoms with Crippen molar-refractivity contribution in [1.82, 2.24) is 0 Å². The lowest BCUT2D eigenvalue weighted by Crippen LogP contribution is -2.03. The van der Waals surface area contributed by atoms with E-state index in [1.807, 2.05) is 32.0 Å². The van der Waals surface area contributed by atoms with Gasteiger partial charge in [0, 0.05) is 10.0 Å². The van der Waals surface area contributed by atoms with Crippen LogP contribution in [0, 0.1) is 13.8 Å². The standard InChI is InChI=1S/C14H15BrO3/c1-8-4-5-18-14(8)13(16)10-7-11(15)9(2)6-12(10)17-3/h4-7,13,16H,1-3H3. The largest absolute Gasteiger partial charge is 0.496 e. The highest BCUT2D eigenvalue weighted by molar-refractivity contribution is 9.10. The molecule has 2 rings (SSSR count). The van der Waals surface area contributed by atoms with Crippen LogP contribution < -0.4 is 4.74 Å². The molecule has 1 aromatic heterocycles. The minimum atomic E-state index is -0.827. The zero-order chi connectivity index (χ0) is 13.3. The Balaban J connectivity index is 2.50. The van der Waals surface area contributed by atoms with Crippen LogP contribution in [0.1, 0.15) is 28.6 Å². The summed E-state index contributed by atoms with van der Waals surface area (Å²) in [7, 11) is 1.59. The molecule has 0 saturated carbocycles. The van der Waals surface area contributed by atoms with Crippen molar-refractivity contribution in [3.8, 4) is 5.75 Å². The van der Waals surface area contributed by atoms with Gasteiger partial charge in [0.05, 0.1) is 13.4 Å². The summed E-state index contributed by atoms with van der Waals surface area (Å²) in [4.78, 5) is 0. The second-order valence-corrected chi connectivity index (χ2v) is 5.07. The van der Waals surface area contributed by atoms with E-state index < -0.39 is 6.10 Å². The van der Waals surface area contributed by atoms with E-state index in [9.17, 15) is 5.11 Å². The first-order valence-electron chi connectivity index (χ1n) is 5.60. The molecule has 0 saturated heterocycles. The quantitative estimate of drug-likeness (QED) is 0.939. The maximum atomic E-state index is 10.4. The van der Waals surface area contributed by atoms with E-state index in [4.69, 9.17) is 9.15 Å². The second kappa shape index (κ2) is 5.16. The summed E-state index contributed by atoms with van der Waals surface area (Å²) < 4.78 is 11.6. The Labute approximate surface area is 115 Å². The van der Waals surface area contributed by atoms with Crippen molar-refractivity contribution < 1.29 is 14.3 Å². The highest BCUT2D eigenvalue weighted by Crippen LogP contribution is 2.35. The van der Waals surface area contributed by atoms with Crippen molar-refractivity contribution in [1.29, 1.82) is 0 Å². The van der Waals surface area contributed by atoms with Crippen LogP contribution in [-0.4, -0.2) is 12.2 Å². The third kappa shape index (κ3) is 2.31. The minimum absolute atomic E-state index is 0.545. The Morgan fingerprint density at radius 3 is 2.56 bits per heavy atom. The van der Waals surface area contributed by atoms with Crippen LogP contribution >= 0.6 is 15.9 Å². The average molecular weight is 311 g/mol. The number of ether oxygens (including phenoxy) is 1.